The van der Waals surface area contributed by atoms with Crippen LogP contribution in [0.15, 0.2) is 42.5 Å². The fourth-order valence-electron chi connectivity index (χ4n) is 3.54. The highest BCUT2D eigenvalue weighted by Crippen LogP contribution is 2.40. The van der Waals surface area contributed by atoms with E-state index in [9.17, 15) is 4.79 Å². The summed E-state index contributed by atoms with van der Waals surface area (Å²) in [4.78, 5) is 13.3. The first-order valence-electron chi connectivity index (χ1n) is 8.74. The van der Waals surface area contributed by atoms with Crippen LogP contribution in [-0.2, 0) is 17.8 Å². The van der Waals surface area contributed by atoms with Crippen molar-refractivity contribution in [1.29, 1.82) is 0 Å². The minimum atomic E-state index is -0.806. The highest BCUT2D eigenvalue weighted by molar-refractivity contribution is 5.85. The fourth-order valence-corrected chi connectivity index (χ4v) is 3.54. The van der Waals surface area contributed by atoms with Crippen LogP contribution in [0, 0.1) is 0 Å². The Morgan fingerprint density at radius 1 is 1.19 bits per heavy atom. The van der Waals surface area contributed by atoms with Crippen LogP contribution in [0.25, 0.3) is 0 Å². The molecule has 0 aromatic heterocycles. The van der Waals surface area contributed by atoms with Crippen molar-refractivity contribution in [1.82, 2.24) is 4.90 Å². The molecule has 0 saturated heterocycles. The van der Waals surface area contributed by atoms with Crippen LogP contribution >= 0.6 is 12.4 Å². The largest absolute Gasteiger partial charge is 0.489 e. The molecule has 0 saturated carbocycles. The van der Waals surface area contributed by atoms with Crippen LogP contribution in [0.4, 0.5) is 0 Å². The van der Waals surface area contributed by atoms with E-state index in [1.807, 2.05) is 24.3 Å². The number of rotatable bonds is 6. The lowest BCUT2D eigenvalue weighted by atomic mass is 9.84. The molecule has 0 bridgehead atoms. The van der Waals surface area contributed by atoms with Crippen molar-refractivity contribution in [3.05, 3.63) is 64.7 Å². The molecule has 4 nitrogen and oxygen atoms in total. The van der Waals surface area contributed by atoms with Gasteiger partial charge in [0.05, 0.1) is 6.42 Å². The number of halogens is 1. The van der Waals surface area contributed by atoms with Crippen molar-refractivity contribution >= 4 is 18.4 Å². The molecule has 0 amide bonds. The van der Waals surface area contributed by atoms with Crippen molar-refractivity contribution in [2.24, 2.45) is 0 Å². The lowest BCUT2D eigenvalue weighted by molar-refractivity contribution is -0.136. The normalized spacial score (nSPS) is 15.3. The molecular weight excluding hydrogens is 350 g/mol. The van der Waals surface area contributed by atoms with E-state index in [1.54, 1.807) is 0 Å². The van der Waals surface area contributed by atoms with E-state index in [4.69, 9.17) is 9.84 Å². The van der Waals surface area contributed by atoms with Gasteiger partial charge in [0.15, 0.2) is 0 Å². The fraction of sp³-hybridized carbons (Fsp3) is 0.381. The average Bonchev–Trinajstić information content (AvgIpc) is 2.72. The number of benzene rings is 2. The first kappa shape index (κ1) is 20.3. The Labute approximate surface area is 161 Å². The number of aliphatic carboxylic acids is 1. The Kier molecular flexibility index (Phi) is 7.06. The summed E-state index contributed by atoms with van der Waals surface area (Å²) in [6, 6.07) is 14.2. The first-order chi connectivity index (χ1) is 12.0. The van der Waals surface area contributed by atoms with Gasteiger partial charge in [0.25, 0.3) is 0 Å². The van der Waals surface area contributed by atoms with Gasteiger partial charge in [-0.1, -0.05) is 36.4 Å². The SMILES string of the molecule is CN(C)CCCC1c2ccccc2COc2ccc(CC(=O)O)cc21.Cl. The molecule has 0 fully saturated rings. The number of carbonyl (C=O) groups is 1. The molecule has 1 unspecified atom stereocenters. The van der Waals surface area contributed by atoms with Crippen molar-refractivity contribution in [3.63, 3.8) is 0 Å². The second-order valence-electron chi connectivity index (χ2n) is 6.93. The lowest BCUT2D eigenvalue weighted by Crippen LogP contribution is -2.14. The Balaban J connectivity index is 0.00000243. The van der Waals surface area contributed by atoms with E-state index in [2.05, 4.69) is 37.2 Å². The minimum absolute atomic E-state index is 0. The van der Waals surface area contributed by atoms with Crippen molar-refractivity contribution in [3.8, 4) is 5.75 Å². The van der Waals surface area contributed by atoms with Crippen LogP contribution in [0.1, 0.15) is 41.0 Å². The predicted molar refractivity (Wildman–Crippen MR) is 105 cm³/mol. The van der Waals surface area contributed by atoms with Gasteiger partial charge in [-0.3, -0.25) is 4.79 Å². The molecule has 1 heterocycles. The second-order valence-corrected chi connectivity index (χ2v) is 6.93. The zero-order valence-electron chi connectivity index (χ0n) is 15.3. The zero-order chi connectivity index (χ0) is 17.8. The van der Waals surface area contributed by atoms with E-state index in [0.717, 1.165) is 36.3 Å². The summed E-state index contributed by atoms with van der Waals surface area (Å²) >= 11 is 0. The number of carboxylic acids is 1. The van der Waals surface area contributed by atoms with E-state index in [-0.39, 0.29) is 24.7 Å². The molecule has 1 aliphatic rings. The van der Waals surface area contributed by atoms with Gasteiger partial charge >= 0.3 is 5.97 Å². The van der Waals surface area contributed by atoms with E-state index in [0.29, 0.717) is 6.61 Å². The Morgan fingerprint density at radius 2 is 1.96 bits per heavy atom. The third-order valence-electron chi connectivity index (χ3n) is 4.72. The van der Waals surface area contributed by atoms with Gasteiger partial charge in [0, 0.05) is 11.5 Å². The van der Waals surface area contributed by atoms with Gasteiger partial charge in [-0.2, -0.15) is 0 Å². The van der Waals surface area contributed by atoms with Gasteiger partial charge in [0.1, 0.15) is 12.4 Å². The molecule has 3 rings (SSSR count). The number of fused-ring (bicyclic) bond motifs is 2. The molecule has 2 aromatic carbocycles. The summed E-state index contributed by atoms with van der Waals surface area (Å²) in [7, 11) is 4.17. The molecule has 0 spiro atoms. The average molecular weight is 376 g/mol. The summed E-state index contributed by atoms with van der Waals surface area (Å²) < 4.78 is 6.03. The van der Waals surface area contributed by atoms with Crippen LogP contribution in [0.5, 0.6) is 5.75 Å². The molecule has 2 aromatic rings. The Morgan fingerprint density at radius 3 is 2.69 bits per heavy atom. The quantitative estimate of drug-likeness (QED) is 0.825. The summed E-state index contributed by atoms with van der Waals surface area (Å²) in [6.07, 6.45) is 2.13. The van der Waals surface area contributed by atoms with Gasteiger partial charge in [0.2, 0.25) is 0 Å². The number of carboxylic acid groups (broad SMARTS) is 1. The molecule has 5 heteroatoms. The second kappa shape index (κ2) is 9.06. The first-order valence-corrected chi connectivity index (χ1v) is 8.74. The number of hydrogen-bond donors (Lipinski definition) is 1. The number of hydrogen-bond acceptors (Lipinski definition) is 3. The maximum absolute atomic E-state index is 11.1. The van der Waals surface area contributed by atoms with Gasteiger partial charge in [-0.25, -0.2) is 0 Å². The van der Waals surface area contributed by atoms with Crippen LogP contribution < -0.4 is 4.74 Å². The topological polar surface area (TPSA) is 49.8 Å². The maximum Gasteiger partial charge on any atom is 0.307 e. The molecule has 0 radical (unpaired) electrons. The smallest absolute Gasteiger partial charge is 0.307 e. The summed E-state index contributed by atoms with van der Waals surface area (Å²) in [5.41, 5.74) is 4.45. The van der Waals surface area contributed by atoms with Gasteiger partial charge < -0.3 is 14.7 Å². The third kappa shape index (κ3) is 4.77. The van der Waals surface area contributed by atoms with Crippen molar-refractivity contribution < 1.29 is 14.6 Å². The van der Waals surface area contributed by atoms with Gasteiger partial charge in [-0.05, 0) is 56.2 Å². The van der Waals surface area contributed by atoms with Gasteiger partial charge in [-0.15, -0.1) is 12.4 Å². The van der Waals surface area contributed by atoms with Crippen molar-refractivity contribution in [2.45, 2.75) is 31.8 Å². The Bertz CT molecular complexity index is 761. The monoisotopic (exact) mass is 375 g/mol. The highest BCUT2D eigenvalue weighted by Gasteiger charge is 2.24. The molecule has 0 aliphatic carbocycles. The van der Waals surface area contributed by atoms with E-state index < -0.39 is 5.97 Å². The van der Waals surface area contributed by atoms with E-state index in [1.165, 1.54) is 11.1 Å². The molecular formula is C21H26ClNO3. The van der Waals surface area contributed by atoms with Crippen LogP contribution in [-0.4, -0.2) is 36.6 Å². The zero-order valence-corrected chi connectivity index (χ0v) is 16.1. The predicted octanol–water partition coefficient (Wildman–Crippen LogP) is 4.10. The molecule has 1 aliphatic heterocycles. The molecule has 1 atom stereocenters. The Hall–Kier alpha value is -2.04. The third-order valence-corrected chi connectivity index (χ3v) is 4.72. The molecule has 26 heavy (non-hydrogen) atoms. The standard InChI is InChI=1S/C21H25NO3.ClH/c1-22(2)11-5-8-18-17-7-4-3-6-16(17)14-25-20-10-9-15(12-19(18)20)13-21(23)24;/h3-4,6-7,9-10,12,18H,5,8,11,13-14H2,1-2H3,(H,23,24);1H. The van der Waals surface area contributed by atoms with Crippen LogP contribution in [0.3, 0.4) is 0 Å². The van der Waals surface area contributed by atoms with Crippen LogP contribution in [0.2, 0.25) is 0 Å². The minimum Gasteiger partial charge on any atom is -0.489 e. The summed E-state index contributed by atoms with van der Waals surface area (Å²) in [5, 5.41) is 9.12. The number of ether oxygens (including phenoxy) is 1. The molecule has 140 valence electrons. The highest BCUT2D eigenvalue weighted by atomic mass is 35.5. The molecule has 1 N–H and O–H groups in total. The lowest BCUT2D eigenvalue weighted by Gasteiger charge is -2.21. The summed E-state index contributed by atoms with van der Waals surface area (Å²) in [5.74, 6) is 0.307. The van der Waals surface area contributed by atoms with E-state index >= 15 is 0 Å². The number of nitrogens with zero attached hydrogens (tertiary/aromatic N) is 1. The van der Waals surface area contributed by atoms with Crippen molar-refractivity contribution in [2.75, 3.05) is 20.6 Å². The summed E-state index contributed by atoms with van der Waals surface area (Å²) in [6.45, 7) is 1.59. The maximum atomic E-state index is 11.1.